The number of nitrogens with one attached hydrogen (secondary N) is 2. The molecule has 1 atom stereocenters. The highest BCUT2D eigenvalue weighted by Crippen LogP contribution is 2.32. The van der Waals surface area contributed by atoms with Crippen molar-refractivity contribution in [2.24, 2.45) is 4.99 Å². The second-order valence-electron chi connectivity index (χ2n) is 7.73. The Labute approximate surface area is 216 Å². The van der Waals surface area contributed by atoms with Crippen LogP contribution >= 0.6 is 11.6 Å². The topological polar surface area (TPSA) is 114 Å². The lowest BCUT2D eigenvalue weighted by atomic mass is 10.1. The van der Waals surface area contributed by atoms with Gasteiger partial charge in [0.1, 0.15) is 6.33 Å². The third-order valence-corrected chi connectivity index (χ3v) is 5.50. The van der Waals surface area contributed by atoms with Crippen molar-refractivity contribution in [3.05, 3.63) is 52.6 Å². The molecule has 37 heavy (non-hydrogen) atoms. The summed E-state index contributed by atoms with van der Waals surface area (Å²) >= 11 is 5.75. The van der Waals surface area contributed by atoms with Crippen molar-refractivity contribution >= 4 is 35.6 Å². The highest BCUT2D eigenvalue weighted by Gasteiger charge is 2.31. The van der Waals surface area contributed by atoms with E-state index in [1.807, 2.05) is 13.8 Å². The van der Waals surface area contributed by atoms with Gasteiger partial charge < -0.3 is 20.3 Å². The van der Waals surface area contributed by atoms with Gasteiger partial charge in [-0.1, -0.05) is 25.4 Å². The summed E-state index contributed by atoms with van der Waals surface area (Å²) in [6.45, 7) is 5.94. The largest absolute Gasteiger partial charge is 0.416 e. The number of rotatable bonds is 5. The number of aliphatic imine (C=N–C) groups is 1. The monoisotopic (exact) mass is 541 g/mol. The lowest BCUT2D eigenvalue weighted by Crippen LogP contribution is -2.49. The van der Waals surface area contributed by atoms with Gasteiger partial charge >= 0.3 is 12.2 Å². The van der Waals surface area contributed by atoms with Crippen molar-refractivity contribution in [1.82, 2.24) is 30.3 Å². The molecule has 4 rings (SSSR count). The van der Waals surface area contributed by atoms with Gasteiger partial charge in [-0.25, -0.2) is 14.8 Å². The molecule has 0 aliphatic carbocycles. The quantitative estimate of drug-likeness (QED) is 0.600. The fourth-order valence-corrected chi connectivity index (χ4v) is 3.72. The maximum Gasteiger partial charge on any atom is 0.416 e. The van der Waals surface area contributed by atoms with Crippen LogP contribution in [0.5, 0.6) is 0 Å². The minimum Gasteiger partial charge on any atom is -0.378 e. The van der Waals surface area contributed by atoms with E-state index in [4.69, 9.17) is 16.3 Å². The molecule has 1 unspecified atom stereocenters. The highest BCUT2D eigenvalue weighted by molar-refractivity contribution is 6.31. The van der Waals surface area contributed by atoms with Gasteiger partial charge in [0.05, 0.1) is 31.4 Å². The molecule has 1 fully saturated rings. The zero-order valence-corrected chi connectivity index (χ0v) is 21.0. The number of carbonyl (C=O) groups excluding carboxylic acids is 2. The third-order valence-electron chi connectivity index (χ3n) is 5.28. The summed E-state index contributed by atoms with van der Waals surface area (Å²) in [5, 5.41) is 9.31. The number of urea groups is 1. The fourth-order valence-electron chi connectivity index (χ4n) is 3.49. The first kappa shape index (κ1) is 28.1. The molecular formula is C23H27ClF3N7O3. The Balaban J connectivity index is 0.00000186. The molecule has 200 valence electrons. The second-order valence-corrected chi connectivity index (χ2v) is 8.17. The van der Waals surface area contributed by atoms with E-state index in [0.29, 0.717) is 44.4 Å². The van der Waals surface area contributed by atoms with E-state index in [1.54, 1.807) is 17.2 Å². The molecule has 1 aromatic heterocycles. The summed E-state index contributed by atoms with van der Waals surface area (Å²) in [6, 6.07) is 2.13. The number of nitrogens with zero attached hydrogens (tertiary/aromatic N) is 5. The highest BCUT2D eigenvalue weighted by atomic mass is 35.5. The third kappa shape index (κ3) is 7.52. The number of carbonyl (C=O) groups is 2. The summed E-state index contributed by atoms with van der Waals surface area (Å²) < 4.78 is 45.7. The number of aromatic nitrogens is 3. The van der Waals surface area contributed by atoms with Crippen molar-refractivity contribution in [3.8, 4) is 0 Å². The van der Waals surface area contributed by atoms with Crippen LogP contribution in [0.15, 0.2) is 35.6 Å². The Hall–Kier alpha value is -3.45. The van der Waals surface area contributed by atoms with Crippen molar-refractivity contribution in [2.75, 3.05) is 26.3 Å². The molecule has 0 bridgehead atoms. The van der Waals surface area contributed by atoms with E-state index in [9.17, 15) is 22.8 Å². The standard InChI is InChI=1S/C21H21ClF3N7O3.C2H6/c22-15-8-13(7-14(9-15)21(23,24)25)19(33)27-11-18-28-12-29-32(18)17-2-1-16(10-26-17)30-20(34)31-3-5-35-6-4-31;1-2/h2,7-10,12,16H,1,3-6,11H2,(H,27,33)(H,30,34);1-2H3. The number of amides is 3. The van der Waals surface area contributed by atoms with Gasteiger partial charge in [0.15, 0.2) is 11.6 Å². The van der Waals surface area contributed by atoms with Crippen LogP contribution in [0.2, 0.25) is 5.02 Å². The lowest BCUT2D eigenvalue weighted by Gasteiger charge is -2.28. The van der Waals surface area contributed by atoms with Crippen LogP contribution in [-0.4, -0.2) is 70.2 Å². The molecule has 2 aromatic rings. The molecule has 10 nitrogen and oxygen atoms in total. The van der Waals surface area contributed by atoms with Gasteiger partial charge in [0.25, 0.3) is 5.91 Å². The average molecular weight is 542 g/mol. The predicted octanol–water partition coefficient (Wildman–Crippen LogP) is 3.59. The summed E-state index contributed by atoms with van der Waals surface area (Å²) in [5.74, 6) is 0.000855. The summed E-state index contributed by atoms with van der Waals surface area (Å²) in [6.07, 6.45) is 0.443. The summed E-state index contributed by atoms with van der Waals surface area (Å²) in [7, 11) is 0. The number of ether oxygens (including phenoxy) is 1. The number of hydrogen-bond acceptors (Lipinski definition) is 6. The van der Waals surface area contributed by atoms with Crippen LogP contribution in [0, 0.1) is 0 Å². The lowest BCUT2D eigenvalue weighted by molar-refractivity contribution is -0.137. The van der Waals surface area contributed by atoms with Gasteiger partial charge in [0, 0.05) is 29.9 Å². The van der Waals surface area contributed by atoms with Crippen molar-refractivity contribution in [1.29, 1.82) is 0 Å². The van der Waals surface area contributed by atoms with Crippen LogP contribution in [0.3, 0.4) is 0 Å². The van der Waals surface area contributed by atoms with E-state index in [0.717, 1.165) is 18.2 Å². The molecule has 3 amide bonds. The summed E-state index contributed by atoms with van der Waals surface area (Å²) in [4.78, 5) is 34.9. The van der Waals surface area contributed by atoms with Crippen LogP contribution in [0.1, 0.15) is 42.0 Å². The zero-order chi connectivity index (χ0) is 27.0. The van der Waals surface area contributed by atoms with E-state index in [-0.39, 0.29) is 29.2 Å². The maximum atomic E-state index is 13.0. The van der Waals surface area contributed by atoms with E-state index >= 15 is 0 Å². The average Bonchev–Trinajstić information content (AvgIpc) is 3.37. The molecule has 2 N–H and O–H groups in total. The SMILES string of the molecule is CC.O=C(NCc1ncnn1C1=CCC(NC(=O)N2CCOCC2)C=N1)c1cc(Cl)cc(C(F)(F)F)c1. The Morgan fingerprint density at radius 3 is 2.57 bits per heavy atom. The van der Waals surface area contributed by atoms with Crippen molar-refractivity contribution in [3.63, 3.8) is 0 Å². The van der Waals surface area contributed by atoms with Gasteiger partial charge in [-0.2, -0.15) is 23.0 Å². The molecule has 2 aliphatic heterocycles. The maximum absolute atomic E-state index is 13.0. The molecule has 0 radical (unpaired) electrons. The molecule has 0 spiro atoms. The normalized spacial score (nSPS) is 17.4. The van der Waals surface area contributed by atoms with Gasteiger partial charge in [-0.05, 0) is 30.7 Å². The van der Waals surface area contributed by atoms with Gasteiger partial charge in [-0.3, -0.25) is 4.79 Å². The smallest absolute Gasteiger partial charge is 0.378 e. The summed E-state index contributed by atoms with van der Waals surface area (Å²) in [5.41, 5.74) is -1.25. The minimum absolute atomic E-state index is 0.114. The van der Waals surface area contributed by atoms with Crippen LogP contribution in [0.4, 0.5) is 18.0 Å². The Kier molecular flexibility index (Phi) is 9.64. The van der Waals surface area contributed by atoms with Gasteiger partial charge in [-0.15, -0.1) is 0 Å². The second kappa shape index (κ2) is 12.7. The van der Waals surface area contributed by atoms with E-state index in [1.165, 1.54) is 11.0 Å². The molecule has 2 aliphatic rings. The first-order chi connectivity index (χ1) is 17.7. The Morgan fingerprint density at radius 2 is 1.92 bits per heavy atom. The van der Waals surface area contributed by atoms with E-state index < -0.39 is 17.6 Å². The van der Waals surface area contributed by atoms with Crippen LogP contribution < -0.4 is 10.6 Å². The number of benzene rings is 1. The number of alkyl halides is 3. The fraction of sp³-hybridized carbons (Fsp3) is 0.435. The first-order valence-electron chi connectivity index (χ1n) is 11.6. The Bertz CT molecular complexity index is 1160. The predicted molar refractivity (Wildman–Crippen MR) is 131 cm³/mol. The minimum atomic E-state index is -4.63. The first-order valence-corrected chi connectivity index (χ1v) is 12.0. The van der Waals surface area contributed by atoms with Crippen molar-refractivity contribution < 1.29 is 27.5 Å². The molecule has 14 heteroatoms. The molecular weight excluding hydrogens is 515 g/mol. The number of morpholine rings is 1. The number of hydrogen-bond donors (Lipinski definition) is 2. The molecule has 1 saturated heterocycles. The number of halogens is 4. The zero-order valence-electron chi connectivity index (χ0n) is 20.3. The van der Waals surface area contributed by atoms with Crippen LogP contribution in [0.25, 0.3) is 5.82 Å². The molecule has 1 aromatic carbocycles. The van der Waals surface area contributed by atoms with Crippen LogP contribution in [-0.2, 0) is 17.5 Å². The van der Waals surface area contributed by atoms with E-state index in [2.05, 4.69) is 25.7 Å². The van der Waals surface area contributed by atoms with Gasteiger partial charge in [0.2, 0.25) is 0 Å². The Morgan fingerprint density at radius 1 is 1.19 bits per heavy atom. The van der Waals surface area contributed by atoms with Crippen molar-refractivity contribution in [2.45, 2.75) is 39.0 Å². The molecule has 3 heterocycles. The molecule has 0 saturated carbocycles.